The Morgan fingerprint density at radius 3 is 1.94 bits per heavy atom. The molecule has 0 aliphatic carbocycles. The van der Waals surface area contributed by atoms with Crippen LogP contribution in [0.15, 0.2) is 24.3 Å². The Balaban J connectivity index is 2.85. The van der Waals surface area contributed by atoms with Gasteiger partial charge in [-0.25, -0.2) is 0 Å². The van der Waals surface area contributed by atoms with E-state index in [9.17, 15) is 0 Å². The van der Waals surface area contributed by atoms with E-state index in [1.165, 1.54) is 24.0 Å². The lowest BCUT2D eigenvalue weighted by Gasteiger charge is -2.31. The molecule has 0 bridgehead atoms. The highest BCUT2D eigenvalue weighted by Gasteiger charge is 2.14. The van der Waals surface area contributed by atoms with Crippen molar-refractivity contribution >= 4 is 0 Å². The zero-order chi connectivity index (χ0) is 12.8. The second-order valence-corrected chi connectivity index (χ2v) is 5.38. The van der Waals surface area contributed by atoms with Crippen molar-refractivity contribution in [2.45, 2.75) is 66.1 Å². The molecular weight excluding hydrogens is 206 g/mol. The molecule has 0 aromatic heterocycles. The minimum Gasteiger partial charge on any atom is -0.294 e. The fourth-order valence-electron chi connectivity index (χ4n) is 2.38. The standard InChI is InChI=1S/C16H27N/c1-6-9-15-10-7-8-11-16(15)12-17(13(2)3)14(4)5/h7-8,10-11,13-14H,6,9,12H2,1-5H3. The van der Waals surface area contributed by atoms with E-state index in [1.807, 2.05) is 0 Å². The van der Waals surface area contributed by atoms with Crippen molar-refractivity contribution in [2.75, 3.05) is 0 Å². The van der Waals surface area contributed by atoms with Crippen molar-refractivity contribution in [1.82, 2.24) is 4.90 Å². The highest BCUT2D eigenvalue weighted by Crippen LogP contribution is 2.17. The van der Waals surface area contributed by atoms with Gasteiger partial charge in [-0.3, -0.25) is 4.90 Å². The van der Waals surface area contributed by atoms with Gasteiger partial charge in [0.1, 0.15) is 0 Å². The van der Waals surface area contributed by atoms with E-state index in [-0.39, 0.29) is 0 Å². The number of nitrogens with zero attached hydrogens (tertiary/aromatic N) is 1. The number of aryl methyl sites for hydroxylation is 1. The number of benzene rings is 1. The largest absolute Gasteiger partial charge is 0.294 e. The summed E-state index contributed by atoms with van der Waals surface area (Å²) < 4.78 is 0. The first-order valence-corrected chi connectivity index (χ1v) is 6.88. The Labute approximate surface area is 107 Å². The highest BCUT2D eigenvalue weighted by molar-refractivity contribution is 5.27. The van der Waals surface area contributed by atoms with Gasteiger partial charge < -0.3 is 0 Å². The maximum absolute atomic E-state index is 2.55. The highest BCUT2D eigenvalue weighted by atomic mass is 15.2. The SMILES string of the molecule is CCCc1ccccc1CN(C(C)C)C(C)C. The quantitative estimate of drug-likeness (QED) is 0.709. The molecule has 0 saturated carbocycles. The van der Waals surface area contributed by atoms with E-state index in [4.69, 9.17) is 0 Å². The molecule has 17 heavy (non-hydrogen) atoms. The fraction of sp³-hybridized carbons (Fsp3) is 0.625. The van der Waals surface area contributed by atoms with Crippen LogP contribution in [0.3, 0.4) is 0 Å². The minimum atomic E-state index is 0.602. The van der Waals surface area contributed by atoms with E-state index in [2.05, 4.69) is 63.8 Å². The average molecular weight is 233 g/mol. The Kier molecular flexibility index (Phi) is 5.70. The second-order valence-electron chi connectivity index (χ2n) is 5.38. The molecule has 1 aromatic rings. The van der Waals surface area contributed by atoms with Crippen LogP contribution in [0, 0.1) is 0 Å². The van der Waals surface area contributed by atoms with Crippen LogP contribution in [0.4, 0.5) is 0 Å². The normalized spacial score (nSPS) is 11.8. The summed E-state index contributed by atoms with van der Waals surface area (Å²) in [6.45, 7) is 12.4. The summed E-state index contributed by atoms with van der Waals surface area (Å²) in [4.78, 5) is 2.55. The Hall–Kier alpha value is -0.820. The molecule has 0 aliphatic rings. The number of hydrogen-bond acceptors (Lipinski definition) is 1. The first kappa shape index (κ1) is 14.2. The van der Waals surface area contributed by atoms with Gasteiger partial charge in [0.15, 0.2) is 0 Å². The maximum atomic E-state index is 2.55. The lowest BCUT2D eigenvalue weighted by molar-refractivity contribution is 0.165. The van der Waals surface area contributed by atoms with Crippen molar-refractivity contribution < 1.29 is 0 Å². The van der Waals surface area contributed by atoms with E-state index in [0.717, 1.165) is 6.54 Å². The molecule has 0 fully saturated rings. The molecule has 1 nitrogen and oxygen atoms in total. The van der Waals surface area contributed by atoms with Gasteiger partial charge in [-0.1, -0.05) is 37.6 Å². The van der Waals surface area contributed by atoms with Gasteiger partial charge in [0.05, 0.1) is 0 Å². The van der Waals surface area contributed by atoms with E-state index in [0.29, 0.717) is 12.1 Å². The monoisotopic (exact) mass is 233 g/mol. The van der Waals surface area contributed by atoms with Gasteiger partial charge in [-0.15, -0.1) is 0 Å². The van der Waals surface area contributed by atoms with E-state index >= 15 is 0 Å². The van der Waals surface area contributed by atoms with Gasteiger partial charge in [0.2, 0.25) is 0 Å². The summed E-state index contributed by atoms with van der Waals surface area (Å²) in [6.07, 6.45) is 2.42. The van der Waals surface area contributed by atoms with E-state index < -0.39 is 0 Å². The second kappa shape index (κ2) is 6.80. The third-order valence-corrected chi connectivity index (χ3v) is 3.32. The predicted molar refractivity (Wildman–Crippen MR) is 76.3 cm³/mol. The van der Waals surface area contributed by atoms with Gasteiger partial charge in [-0.2, -0.15) is 0 Å². The van der Waals surface area contributed by atoms with Crippen LogP contribution in [0.25, 0.3) is 0 Å². The van der Waals surface area contributed by atoms with Crippen molar-refractivity contribution in [3.63, 3.8) is 0 Å². The predicted octanol–water partition coefficient (Wildman–Crippen LogP) is 4.26. The summed E-state index contributed by atoms with van der Waals surface area (Å²) in [6, 6.07) is 10.1. The van der Waals surface area contributed by atoms with Gasteiger partial charge in [0.25, 0.3) is 0 Å². The van der Waals surface area contributed by atoms with Crippen LogP contribution in [0.5, 0.6) is 0 Å². The molecule has 0 amide bonds. The smallest absolute Gasteiger partial charge is 0.0241 e. The fourth-order valence-corrected chi connectivity index (χ4v) is 2.38. The van der Waals surface area contributed by atoms with Crippen molar-refractivity contribution in [3.05, 3.63) is 35.4 Å². The summed E-state index contributed by atoms with van der Waals surface area (Å²) in [5.74, 6) is 0. The van der Waals surface area contributed by atoms with Crippen molar-refractivity contribution in [1.29, 1.82) is 0 Å². The molecule has 1 heteroatoms. The molecule has 0 N–H and O–H groups in total. The molecule has 0 unspecified atom stereocenters. The Morgan fingerprint density at radius 2 is 1.47 bits per heavy atom. The maximum Gasteiger partial charge on any atom is 0.0241 e. The van der Waals surface area contributed by atoms with Crippen LogP contribution < -0.4 is 0 Å². The first-order valence-electron chi connectivity index (χ1n) is 6.88. The Morgan fingerprint density at radius 1 is 0.941 bits per heavy atom. The van der Waals surface area contributed by atoms with Crippen LogP contribution in [-0.2, 0) is 13.0 Å². The molecule has 96 valence electrons. The molecule has 0 radical (unpaired) electrons. The van der Waals surface area contributed by atoms with Gasteiger partial charge in [-0.05, 0) is 45.2 Å². The van der Waals surface area contributed by atoms with Crippen LogP contribution >= 0.6 is 0 Å². The number of rotatable bonds is 6. The first-order chi connectivity index (χ1) is 8.06. The third kappa shape index (κ3) is 4.16. The van der Waals surface area contributed by atoms with Crippen molar-refractivity contribution in [3.8, 4) is 0 Å². The molecule has 0 atom stereocenters. The van der Waals surface area contributed by atoms with Crippen LogP contribution in [-0.4, -0.2) is 17.0 Å². The summed E-state index contributed by atoms with van der Waals surface area (Å²) in [7, 11) is 0. The molecule has 0 saturated heterocycles. The lowest BCUT2D eigenvalue weighted by atomic mass is 10.0. The summed E-state index contributed by atoms with van der Waals surface area (Å²) in [5.41, 5.74) is 3.01. The molecule has 0 spiro atoms. The minimum absolute atomic E-state index is 0.602. The lowest BCUT2D eigenvalue weighted by Crippen LogP contribution is -2.36. The molecule has 0 aliphatic heterocycles. The van der Waals surface area contributed by atoms with Gasteiger partial charge in [0, 0.05) is 18.6 Å². The topological polar surface area (TPSA) is 3.24 Å². The molecule has 1 rings (SSSR count). The van der Waals surface area contributed by atoms with Crippen LogP contribution in [0.1, 0.15) is 52.2 Å². The van der Waals surface area contributed by atoms with Crippen LogP contribution in [0.2, 0.25) is 0 Å². The molecule has 0 heterocycles. The Bertz CT molecular complexity index is 320. The number of hydrogen-bond donors (Lipinski definition) is 0. The van der Waals surface area contributed by atoms with E-state index in [1.54, 1.807) is 0 Å². The summed E-state index contributed by atoms with van der Waals surface area (Å²) in [5, 5.41) is 0. The van der Waals surface area contributed by atoms with Crippen molar-refractivity contribution in [2.24, 2.45) is 0 Å². The molecular formula is C16H27N. The molecule has 1 aromatic carbocycles. The summed E-state index contributed by atoms with van der Waals surface area (Å²) >= 11 is 0. The zero-order valence-corrected chi connectivity index (χ0v) is 12.0. The zero-order valence-electron chi connectivity index (χ0n) is 12.0. The van der Waals surface area contributed by atoms with Gasteiger partial charge >= 0.3 is 0 Å². The third-order valence-electron chi connectivity index (χ3n) is 3.32. The average Bonchev–Trinajstić information content (AvgIpc) is 2.27.